The summed E-state index contributed by atoms with van der Waals surface area (Å²) in [7, 11) is 1.86. The minimum Gasteiger partial charge on any atom is -0.368 e. The standard InChI is InChI=1S/C17H21N7O/c1-3-13-9-14(16-20-19-11-24(16)21-13)23-7-4-5-12(10-23)15(25)17-18-6-8-22(17)2/h6,8-9,11-12H,3-5,7,10H2,1-2H3. The van der Waals surface area contributed by atoms with Gasteiger partial charge in [-0.2, -0.15) is 9.61 Å². The molecule has 0 saturated carbocycles. The van der Waals surface area contributed by atoms with Crippen LogP contribution in [0, 0.1) is 5.92 Å². The van der Waals surface area contributed by atoms with Crippen molar-refractivity contribution in [2.24, 2.45) is 13.0 Å². The summed E-state index contributed by atoms with van der Waals surface area (Å²) in [5, 5.41) is 12.7. The molecular formula is C17H21N7O. The maximum atomic E-state index is 12.8. The molecule has 8 nitrogen and oxygen atoms in total. The third-order valence-electron chi connectivity index (χ3n) is 4.84. The highest BCUT2D eigenvalue weighted by atomic mass is 16.1. The van der Waals surface area contributed by atoms with Crippen molar-refractivity contribution in [2.45, 2.75) is 26.2 Å². The van der Waals surface area contributed by atoms with Crippen molar-refractivity contribution in [2.75, 3.05) is 18.0 Å². The number of piperidine rings is 1. The summed E-state index contributed by atoms with van der Waals surface area (Å²) in [6.45, 7) is 3.65. The predicted molar refractivity (Wildman–Crippen MR) is 92.6 cm³/mol. The number of rotatable bonds is 4. The molecule has 8 heteroatoms. The second kappa shape index (κ2) is 6.27. The van der Waals surface area contributed by atoms with Crippen LogP contribution in [0.2, 0.25) is 0 Å². The summed E-state index contributed by atoms with van der Waals surface area (Å²) < 4.78 is 3.51. The maximum Gasteiger partial charge on any atom is 0.203 e. The number of imidazole rings is 1. The van der Waals surface area contributed by atoms with E-state index in [0.717, 1.165) is 42.8 Å². The molecule has 0 amide bonds. The van der Waals surface area contributed by atoms with Gasteiger partial charge in [0.05, 0.1) is 11.4 Å². The predicted octanol–water partition coefficient (Wildman–Crippen LogP) is 1.52. The molecule has 1 aliphatic rings. The molecule has 130 valence electrons. The fourth-order valence-corrected chi connectivity index (χ4v) is 3.46. The summed E-state index contributed by atoms with van der Waals surface area (Å²) in [4.78, 5) is 19.3. The van der Waals surface area contributed by atoms with E-state index < -0.39 is 0 Å². The van der Waals surface area contributed by atoms with E-state index in [1.807, 2.05) is 13.2 Å². The Morgan fingerprint density at radius 3 is 3.04 bits per heavy atom. The summed E-state index contributed by atoms with van der Waals surface area (Å²) >= 11 is 0. The van der Waals surface area contributed by atoms with Crippen LogP contribution in [0.15, 0.2) is 24.8 Å². The minimum absolute atomic E-state index is 0.0592. The molecule has 0 aromatic carbocycles. The van der Waals surface area contributed by atoms with Crippen molar-refractivity contribution >= 4 is 17.1 Å². The third-order valence-corrected chi connectivity index (χ3v) is 4.84. The van der Waals surface area contributed by atoms with Crippen LogP contribution in [0.3, 0.4) is 0 Å². The zero-order valence-electron chi connectivity index (χ0n) is 14.5. The number of nitrogens with zero attached hydrogens (tertiary/aromatic N) is 7. The maximum absolute atomic E-state index is 12.8. The molecule has 1 atom stereocenters. The second-order valence-electron chi connectivity index (χ2n) is 6.48. The Kier molecular flexibility index (Phi) is 3.95. The lowest BCUT2D eigenvalue weighted by molar-refractivity contribution is 0.0893. The first-order chi connectivity index (χ1) is 12.2. The van der Waals surface area contributed by atoms with Crippen molar-refractivity contribution in [3.8, 4) is 0 Å². The highest BCUT2D eigenvalue weighted by Gasteiger charge is 2.30. The fraction of sp³-hybridized carbons (Fsp3) is 0.471. The van der Waals surface area contributed by atoms with Crippen molar-refractivity contribution < 1.29 is 4.79 Å². The van der Waals surface area contributed by atoms with Gasteiger partial charge in [-0.05, 0) is 25.3 Å². The molecule has 1 unspecified atom stereocenters. The molecule has 0 spiro atoms. The first kappa shape index (κ1) is 15.7. The Morgan fingerprint density at radius 2 is 2.28 bits per heavy atom. The molecule has 0 N–H and O–H groups in total. The van der Waals surface area contributed by atoms with Gasteiger partial charge in [0.2, 0.25) is 11.4 Å². The molecule has 0 aliphatic carbocycles. The van der Waals surface area contributed by atoms with Crippen LogP contribution in [-0.2, 0) is 13.5 Å². The highest BCUT2D eigenvalue weighted by molar-refractivity contribution is 5.95. The van der Waals surface area contributed by atoms with E-state index in [1.54, 1.807) is 21.6 Å². The zero-order chi connectivity index (χ0) is 17.4. The van der Waals surface area contributed by atoms with Gasteiger partial charge in [-0.3, -0.25) is 4.79 Å². The molecule has 1 aliphatic heterocycles. The van der Waals surface area contributed by atoms with E-state index in [9.17, 15) is 4.79 Å². The third kappa shape index (κ3) is 2.77. The van der Waals surface area contributed by atoms with Crippen molar-refractivity contribution in [3.05, 3.63) is 36.3 Å². The number of ketones is 1. The minimum atomic E-state index is -0.0592. The van der Waals surface area contributed by atoms with Crippen molar-refractivity contribution in [3.63, 3.8) is 0 Å². The van der Waals surface area contributed by atoms with E-state index in [0.29, 0.717) is 12.4 Å². The average molecular weight is 339 g/mol. The topological polar surface area (TPSA) is 81.2 Å². The number of anilines is 1. The molecule has 3 aromatic rings. The number of carbonyl (C=O) groups is 1. The number of hydrogen-bond acceptors (Lipinski definition) is 6. The first-order valence-corrected chi connectivity index (χ1v) is 8.63. The average Bonchev–Trinajstić information content (AvgIpc) is 3.28. The molecule has 4 rings (SSSR count). The van der Waals surface area contributed by atoms with E-state index in [-0.39, 0.29) is 11.7 Å². The zero-order valence-corrected chi connectivity index (χ0v) is 14.5. The van der Waals surface area contributed by atoms with Crippen LogP contribution in [0.5, 0.6) is 0 Å². The lowest BCUT2D eigenvalue weighted by atomic mass is 9.93. The van der Waals surface area contributed by atoms with Crippen molar-refractivity contribution in [1.82, 2.24) is 29.4 Å². The van der Waals surface area contributed by atoms with Gasteiger partial charge in [-0.15, -0.1) is 10.2 Å². The van der Waals surface area contributed by atoms with Gasteiger partial charge >= 0.3 is 0 Å². The van der Waals surface area contributed by atoms with Crippen molar-refractivity contribution in [1.29, 1.82) is 0 Å². The van der Waals surface area contributed by atoms with Crippen LogP contribution >= 0.6 is 0 Å². The fourth-order valence-electron chi connectivity index (χ4n) is 3.46. The largest absolute Gasteiger partial charge is 0.368 e. The molecular weight excluding hydrogens is 318 g/mol. The number of hydrogen-bond donors (Lipinski definition) is 0. The number of aromatic nitrogens is 6. The Labute approximate surface area is 145 Å². The van der Waals surface area contributed by atoms with Gasteiger partial charge in [0.25, 0.3) is 0 Å². The van der Waals surface area contributed by atoms with Gasteiger partial charge in [0.15, 0.2) is 5.82 Å². The van der Waals surface area contributed by atoms with E-state index in [4.69, 9.17) is 0 Å². The number of Topliss-reactive ketones (excluding diaryl/α,β-unsaturated/α-hetero) is 1. The molecule has 1 saturated heterocycles. The van der Waals surface area contributed by atoms with Gasteiger partial charge in [0, 0.05) is 38.4 Å². The Hall–Kier alpha value is -2.77. The summed E-state index contributed by atoms with van der Waals surface area (Å²) in [6, 6.07) is 2.07. The van der Waals surface area contributed by atoms with Gasteiger partial charge < -0.3 is 9.47 Å². The molecule has 3 aromatic heterocycles. The van der Waals surface area contributed by atoms with Crippen LogP contribution < -0.4 is 4.90 Å². The van der Waals surface area contributed by atoms with Crippen LogP contribution in [-0.4, -0.2) is 48.2 Å². The Morgan fingerprint density at radius 1 is 1.40 bits per heavy atom. The lowest BCUT2D eigenvalue weighted by Crippen LogP contribution is -2.39. The monoisotopic (exact) mass is 339 g/mol. The SMILES string of the molecule is CCc1cc(N2CCCC(C(=O)c3nccn3C)C2)c2nncn2n1. The van der Waals surface area contributed by atoms with E-state index in [2.05, 4.69) is 38.2 Å². The number of aryl methyl sites for hydroxylation is 2. The summed E-state index contributed by atoms with van der Waals surface area (Å²) in [6.07, 6.45) is 7.79. The highest BCUT2D eigenvalue weighted by Crippen LogP contribution is 2.28. The summed E-state index contributed by atoms with van der Waals surface area (Å²) in [5.41, 5.74) is 2.73. The molecule has 0 bridgehead atoms. The van der Waals surface area contributed by atoms with Gasteiger partial charge in [-0.25, -0.2) is 4.98 Å². The lowest BCUT2D eigenvalue weighted by Gasteiger charge is -2.33. The van der Waals surface area contributed by atoms with E-state index >= 15 is 0 Å². The van der Waals surface area contributed by atoms with Crippen LogP contribution in [0.1, 0.15) is 36.1 Å². The van der Waals surface area contributed by atoms with Gasteiger partial charge in [-0.1, -0.05) is 6.92 Å². The second-order valence-corrected chi connectivity index (χ2v) is 6.48. The Balaban J connectivity index is 1.65. The van der Waals surface area contributed by atoms with Gasteiger partial charge in [0.1, 0.15) is 6.33 Å². The summed E-state index contributed by atoms with van der Waals surface area (Å²) in [5.74, 6) is 0.582. The quantitative estimate of drug-likeness (QED) is 0.670. The van der Waals surface area contributed by atoms with E-state index in [1.165, 1.54) is 0 Å². The molecule has 25 heavy (non-hydrogen) atoms. The number of carbonyl (C=O) groups excluding carboxylic acids is 1. The Bertz CT molecular complexity index is 913. The van der Waals surface area contributed by atoms with Crippen LogP contribution in [0.25, 0.3) is 5.65 Å². The normalized spacial score (nSPS) is 18.0. The number of fused-ring (bicyclic) bond motifs is 1. The first-order valence-electron chi connectivity index (χ1n) is 8.63. The smallest absolute Gasteiger partial charge is 0.203 e. The molecule has 0 radical (unpaired) electrons. The molecule has 1 fully saturated rings. The van der Waals surface area contributed by atoms with Crippen LogP contribution in [0.4, 0.5) is 5.69 Å². The molecule has 4 heterocycles.